The monoisotopic (exact) mass is 233 g/mol. The number of hydrogen-bond acceptors (Lipinski definition) is 6. The summed E-state index contributed by atoms with van der Waals surface area (Å²) in [5, 5.41) is 12.3. The number of rotatable bonds is 5. The first-order chi connectivity index (χ1) is 6.59. The summed E-state index contributed by atoms with van der Waals surface area (Å²) in [5.41, 5.74) is -0.246. The molecule has 0 fully saturated rings. The van der Waals surface area contributed by atoms with Crippen LogP contribution in [0.3, 0.4) is 0 Å². The van der Waals surface area contributed by atoms with E-state index in [1.54, 1.807) is 11.8 Å². The molecule has 1 aromatic rings. The molecule has 0 saturated heterocycles. The molecule has 1 unspecified atom stereocenters. The van der Waals surface area contributed by atoms with E-state index in [0.717, 1.165) is 15.9 Å². The van der Waals surface area contributed by atoms with Crippen LogP contribution in [0.4, 0.5) is 0 Å². The number of aliphatic hydroxyl groups excluding tert-OH is 1. The lowest BCUT2D eigenvalue weighted by Crippen LogP contribution is -2.45. The molecular weight excluding hydrogens is 218 g/mol. The van der Waals surface area contributed by atoms with Crippen molar-refractivity contribution in [2.24, 2.45) is 0 Å². The van der Waals surface area contributed by atoms with Crippen LogP contribution in [0.15, 0.2) is 4.34 Å². The molecule has 0 bridgehead atoms. The number of thioether (sulfide) groups is 1. The fourth-order valence-electron chi connectivity index (χ4n) is 0.755. The van der Waals surface area contributed by atoms with Crippen LogP contribution in [-0.4, -0.2) is 39.4 Å². The third-order valence-corrected chi connectivity index (χ3v) is 4.28. The Morgan fingerprint density at radius 1 is 1.64 bits per heavy atom. The third kappa shape index (κ3) is 3.20. The third-order valence-electron chi connectivity index (χ3n) is 1.98. The van der Waals surface area contributed by atoms with Gasteiger partial charge in [-0.1, -0.05) is 11.8 Å². The average Bonchev–Trinajstić information content (AvgIpc) is 2.61. The maximum absolute atomic E-state index is 9.16. The first kappa shape index (κ1) is 11.9. The molecule has 0 radical (unpaired) electrons. The Kier molecular flexibility index (Phi) is 4.31. The topological polar surface area (TPSA) is 58.0 Å². The van der Waals surface area contributed by atoms with Crippen LogP contribution in [0.5, 0.6) is 0 Å². The largest absolute Gasteiger partial charge is 0.394 e. The summed E-state index contributed by atoms with van der Waals surface area (Å²) in [7, 11) is 1.85. The maximum Gasteiger partial charge on any atom is 0.170 e. The van der Waals surface area contributed by atoms with Gasteiger partial charge in [0.25, 0.3) is 0 Å². The Balaban J connectivity index is 2.47. The first-order valence-electron chi connectivity index (χ1n) is 4.32. The molecule has 80 valence electrons. The van der Waals surface area contributed by atoms with Gasteiger partial charge in [0.1, 0.15) is 5.82 Å². The van der Waals surface area contributed by atoms with Crippen molar-refractivity contribution in [2.45, 2.75) is 23.7 Å². The summed E-state index contributed by atoms with van der Waals surface area (Å²) in [6.45, 7) is 3.98. The Morgan fingerprint density at radius 2 is 2.36 bits per heavy atom. The van der Waals surface area contributed by atoms with Gasteiger partial charge in [0, 0.05) is 11.3 Å². The molecule has 0 aliphatic rings. The van der Waals surface area contributed by atoms with Crippen LogP contribution in [0.1, 0.15) is 12.7 Å². The standard InChI is InChI=1S/C8H15N3OS2/c1-6-10-7(14-11-6)13-5-8(2,4-12)9-3/h9,12H,4-5H2,1-3H3. The van der Waals surface area contributed by atoms with Gasteiger partial charge in [-0.2, -0.15) is 4.37 Å². The van der Waals surface area contributed by atoms with Gasteiger partial charge >= 0.3 is 0 Å². The highest BCUT2D eigenvalue weighted by Crippen LogP contribution is 2.23. The van der Waals surface area contributed by atoms with E-state index in [2.05, 4.69) is 14.7 Å². The van der Waals surface area contributed by atoms with Crippen LogP contribution in [0.25, 0.3) is 0 Å². The molecule has 0 saturated carbocycles. The van der Waals surface area contributed by atoms with E-state index < -0.39 is 0 Å². The smallest absolute Gasteiger partial charge is 0.170 e. The van der Waals surface area contributed by atoms with Gasteiger partial charge in [0.15, 0.2) is 4.34 Å². The van der Waals surface area contributed by atoms with Gasteiger partial charge in [-0.3, -0.25) is 0 Å². The number of aryl methyl sites for hydroxylation is 1. The summed E-state index contributed by atoms with van der Waals surface area (Å²) in [5.74, 6) is 1.60. The molecule has 0 aromatic carbocycles. The molecule has 1 aromatic heterocycles. The van der Waals surface area contributed by atoms with Gasteiger partial charge in [-0.25, -0.2) is 4.98 Å². The van der Waals surface area contributed by atoms with Crippen molar-refractivity contribution >= 4 is 23.3 Å². The summed E-state index contributed by atoms with van der Waals surface area (Å²) in [6.07, 6.45) is 0. The van der Waals surface area contributed by atoms with E-state index in [9.17, 15) is 0 Å². The van der Waals surface area contributed by atoms with Crippen molar-refractivity contribution in [3.8, 4) is 0 Å². The Bertz CT molecular complexity index is 286. The Labute approximate surface area is 92.3 Å². The minimum Gasteiger partial charge on any atom is -0.394 e. The molecule has 0 spiro atoms. The van der Waals surface area contributed by atoms with Crippen LogP contribution >= 0.6 is 23.3 Å². The maximum atomic E-state index is 9.16. The zero-order chi connectivity index (χ0) is 10.6. The van der Waals surface area contributed by atoms with Gasteiger partial charge in [0.2, 0.25) is 0 Å². The quantitative estimate of drug-likeness (QED) is 0.740. The molecule has 1 atom stereocenters. The van der Waals surface area contributed by atoms with Gasteiger partial charge in [-0.15, -0.1) is 0 Å². The zero-order valence-corrected chi connectivity index (χ0v) is 10.2. The highest BCUT2D eigenvalue weighted by molar-refractivity contribution is 8.01. The number of aliphatic hydroxyl groups is 1. The fraction of sp³-hybridized carbons (Fsp3) is 0.750. The lowest BCUT2D eigenvalue weighted by molar-refractivity contribution is 0.200. The lowest BCUT2D eigenvalue weighted by atomic mass is 10.1. The van der Waals surface area contributed by atoms with Crippen LogP contribution in [0.2, 0.25) is 0 Å². The van der Waals surface area contributed by atoms with Crippen molar-refractivity contribution in [2.75, 3.05) is 19.4 Å². The molecule has 0 amide bonds. The molecule has 4 nitrogen and oxygen atoms in total. The fourth-order valence-corrected chi connectivity index (χ4v) is 2.55. The molecular formula is C8H15N3OS2. The van der Waals surface area contributed by atoms with E-state index >= 15 is 0 Å². The van der Waals surface area contributed by atoms with Gasteiger partial charge in [-0.05, 0) is 32.4 Å². The summed E-state index contributed by atoms with van der Waals surface area (Å²) < 4.78 is 5.05. The normalized spacial score (nSPS) is 15.4. The number of nitrogens with zero attached hydrogens (tertiary/aromatic N) is 2. The lowest BCUT2D eigenvalue weighted by Gasteiger charge is -2.25. The average molecular weight is 233 g/mol. The van der Waals surface area contributed by atoms with Crippen molar-refractivity contribution in [1.82, 2.24) is 14.7 Å². The second-order valence-corrected chi connectivity index (χ2v) is 5.34. The second-order valence-electron chi connectivity index (χ2n) is 3.36. The number of likely N-dealkylation sites (N-methyl/N-ethyl adjacent to an activating group) is 1. The molecule has 1 rings (SSSR count). The van der Waals surface area contributed by atoms with E-state index in [1.807, 2.05) is 20.9 Å². The number of aromatic nitrogens is 2. The minimum atomic E-state index is -0.246. The SMILES string of the molecule is CNC(C)(CO)CSc1nc(C)ns1. The minimum absolute atomic E-state index is 0.119. The van der Waals surface area contributed by atoms with Crippen LogP contribution < -0.4 is 5.32 Å². The van der Waals surface area contributed by atoms with Crippen molar-refractivity contribution in [3.63, 3.8) is 0 Å². The van der Waals surface area contributed by atoms with Crippen molar-refractivity contribution in [1.29, 1.82) is 0 Å². The van der Waals surface area contributed by atoms with Crippen LogP contribution in [-0.2, 0) is 0 Å². The Morgan fingerprint density at radius 3 is 2.79 bits per heavy atom. The first-order valence-corrected chi connectivity index (χ1v) is 6.08. The molecule has 1 heterocycles. The van der Waals surface area contributed by atoms with Gasteiger partial charge in [0.05, 0.1) is 6.61 Å². The highest BCUT2D eigenvalue weighted by atomic mass is 32.2. The molecule has 2 N–H and O–H groups in total. The highest BCUT2D eigenvalue weighted by Gasteiger charge is 2.21. The van der Waals surface area contributed by atoms with Crippen LogP contribution in [0, 0.1) is 6.92 Å². The molecule has 0 aliphatic heterocycles. The number of nitrogens with one attached hydrogen (secondary N) is 1. The van der Waals surface area contributed by atoms with Crippen molar-refractivity contribution in [3.05, 3.63) is 5.82 Å². The molecule has 0 aliphatic carbocycles. The van der Waals surface area contributed by atoms with E-state index in [0.29, 0.717) is 0 Å². The molecule has 6 heteroatoms. The predicted molar refractivity (Wildman–Crippen MR) is 59.9 cm³/mol. The van der Waals surface area contributed by atoms with Crippen molar-refractivity contribution < 1.29 is 5.11 Å². The van der Waals surface area contributed by atoms with E-state index in [1.165, 1.54) is 11.5 Å². The summed E-state index contributed by atoms with van der Waals surface area (Å²) in [6, 6.07) is 0. The summed E-state index contributed by atoms with van der Waals surface area (Å²) in [4.78, 5) is 4.24. The zero-order valence-electron chi connectivity index (χ0n) is 8.57. The summed E-state index contributed by atoms with van der Waals surface area (Å²) >= 11 is 3.02. The van der Waals surface area contributed by atoms with E-state index in [4.69, 9.17) is 5.11 Å². The van der Waals surface area contributed by atoms with E-state index in [-0.39, 0.29) is 12.1 Å². The Hall–Kier alpha value is -0.170. The van der Waals surface area contributed by atoms with Gasteiger partial charge < -0.3 is 10.4 Å². The number of hydrogen-bond donors (Lipinski definition) is 2. The second kappa shape index (κ2) is 5.06. The predicted octanol–water partition coefficient (Wildman–Crippen LogP) is 0.909. The molecule has 14 heavy (non-hydrogen) atoms.